The number of amides is 2. The van der Waals surface area contributed by atoms with Crippen molar-refractivity contribution in [1.29, 1.82) is 0 Å². The van der Waals surface area contributed by atoms with Crippen molar-refractivity contribution in [2.24, 2.45) is 0 Å². The van der Waals surface area contributed by atoms with E-state index in [9.17, 15) is 22.8 Å². The molecule has 1 saturated heterocycles. The molecule has 1 unspecified atom stereocenters. The SMILES string of the molecule is Cc1ccc(-c2nnc(SCCCC(=O)N3CCN(C(=O)c4cccc(C(F)(F)F)c4)C(C)C3)n2-c2cccc(Cl)c2)cc1. The zero-order chi connectivity index (χ0) is 31.4. The van der Waals surface area contributed by atoms with E-state index in [2.05, 4.69) is 10.2 Å². The fourth-order valence-electron chi connectivity index (χ4n) is 5.13. The number of rotatable bonds is 8. The normalized spacial score (nSPS) is 15.5. The number of carbonyl (C=O) groups excluding carboxylic acids is 2. The number of carbonyl (C=O) groups is 2. The van der Waals surface area contributed by atoms with Crippen molar-refractivity contribution in [3.8, 4) is 17.1 Å². The maximum atomic E-state index is 13.1. The molecule has 0 radical (unpaired) electrons. The number of halogens is 4. The Labute approximate surface area is 263 Å². The van der Waals surface area contributed by atoms with E-state index in [1.165, 1.54) is 28.8 Å². The number of thioether (sulfide) groups is 1. The van der Waals surface area contributed by atoms with Crippen LogP contribution in [0.4, 0.5) is 13.2 Å². The molecule has 230 valence electrons. The van der Waals surface area contributed by atoms with Gasteiger partial charge in [0.15, 0.2) is 11.0 Å². The molecule has 5 rings (SSSR count). The van der Waals surface area contributed by atoms with Crippen molar-refractivity contribution >= 4 is 35.2 Å². The molecule has 1 aliphatic heterocycles. The first kappa shape index (κ1) is 31.6. The number of piperazine rings is 1. The van der Waals surface area contributed by atoms with Gasteiger partial charge in [0.2, 0.25) is 5.91 Å². The van der Waals surface area contributed by atoms with Crippen LogP contribution in [-0.2, 0) is 11.0 Å². The summed E-state index contributed by atoms with van der Waals surface area (Å²) < 4.78 is 41.3. The molecule has 1 aliphatic rings. The molecule has 1 atom stereocenters. The van der Waals surface area contributed by atoms with Crippen LogP contribution in [0, 0.1) is 6.92 Å². The Balaban J connectivity index is 1.18. The highest BCUT2D eigenvalue weighted by Gasteiger charge is 2.33. The lowest BCUT2D eigenvalue weighted by Crippen LogP contribution is -2.55. The molecule has 0 aliphatic carbocycles. The third-order valence-corrected chi connectivity index (χ3v) is 8.70. The Morgan fingerprint density at radius 2 is 1.75 bits per heavy atom. The van der Waals surface area contributed by atoms with Gasteiger partial charge in [-0.05, 0) is 56.7 Å². The van der Waals surface area contributed by atoms with Gasteiger partial charge in [0.05, 0.1) is 11.3 Å². The van der Waals surface area contributed by atoms with Crippen LogP contribution >= 0.6 is 23.4 Å². The average molecular weight is 642 g/mol. The molecular weight excluding hydrogens is 611 g/mol. The molecule has 1 aromatic heterocycles. The summed E-state index contributed by atoms with van der Waals surface area (Å²) in [4.78, 5) is 29.3. The van der Waals surface area contributed by atoms with Crippen molar-refractivity contribution in [2.75, 3.05) is 25.4 Å². The Bertz CT molecular complexity index is 1640. The molecule has 3 aromatic carbocycles. The number of hydrogen-bond acceptors (Lipinski definition) is 5. The van der Waals surface area contributed by atoms with E-state index in [0.29, 0.717) is 47.7 Å². The van der Waals surface area contributed by atoms with Crippen LogP contribution in [0.25, 0.3) is 17.1 Å². The lowest BCUT2D eigenvalue weighted by molar-refractivity contribution is -0.137. The summed E-state index contributed by atoms with van der Waals surface area (Å²) in [5.41, 5.74) is 2.02. The Kier molecular flexibility index (Phi) is 9.65. The minimum atomic E-state index is -4.53. The summed E-state index contributed by atoms with van der Waals surface area (Å²) in [6, 6.07) is 19.6. The highest BCUT2D eigenvalue weighted by atomic mass is 35.5. The maximum Gasteiger partial charge on any atom is 0.416 e. The van der Waals surface area contributed by atoms with Gasteiger partial charge in [-0.3, -0.25) is 14.2 Å². The predicted octanol–water partition coefficient (Wildman–Crippen LogP) is 7.16. The van der Waals surface area contributed by atoms with Crippen LogP contribution in [-0.4, -0.2) is 67.8 Å². The van der Waals surface area contributed by atoms with Crippen molar-refractivity contribution in [1.82, 2.24) is 24.6 Å². The van der Waals surface area contributed by atoms with Gasteiger partial charge in [0, 0.05) is 54.0 Å². The molecule has 0 N–H and O–H groups in total. The van der Waals surface area contributed by atoms with Crippen molar-refractivity contribution in [2.45, 2.75) is 44.1 Å². The second-order valence-electron chi connectivity index (χ2n) is 10.7. The number of alkyl halides is 3. The summed E-state index contributed by atoms with van der Waals surface area (Å²) in [6.45, 7) is 4.72. The standard InChI is InChI=1S/C32H31ClF3N5O2S/c1-21-11-13-23(14-12-21)29-37-38-31(41(29)27-9-4-8-26(33)19-27)44-17-5-10-28(42)39-15-16-40(22(2)20-39)30(43)24-6-3-7-25(18-24)32(34,35)36/h3-4,6-9,11-14,18-19,22H,5,10,15-17,20H2,1-2H3. The Morgan fingerprint density at radius 3 is 2.45 bits per heavy atom. The maximum absolute atomic E-state index is 13.1. The molecule has 7 nitrogen and oxygen atoms in total. The van der Waals surface area contributed by atoms with Crippen LogP contribution in [0.2, 0.25) is 5.02 Å². The molecule has 0 spiro atoms. The van der Waals surface area contributed by atoms with Crippen LogP contribution < -0.4 is 0 Å². The summed E-state index contributed by atoms with van der Waals surface area (Å²) >= 11 is 7.80. The van der Waals surface area contributed by atoms with Gasteiger partial charge in [0.1, 0.15) is 0 Å². The highest BCUT2D eigenvalue weighted by Crippen LogP contribution is 2.31. The van der Waals surface area contributed by atoms with Gasteiger partial charge in [-0.1, -0.05) is 65.3 Å². The summed E-state index contributed by atoms with van der Waals surface area (Å²) in [5.74, 6) is 0.820. The van der Waals surface area contributed by atoms with Crippen molar-refractivity contribution < 1.29 is 22.8 Å². The second-order valence-corrected chi connectivity index (χ2v) is 12.2. The van der Waals surface area contributed by atoms with Crippen LogP contribution in [0.3, 0.4) is 0 Å². The monoisotopic (exact) mass is 641 g/mol. The van der Waals surface area contributed by atoms with E-state index < -0.39 is 17.6 Å². The molecule has 4 aromatic rings. The largest absolute Gasteiger partial charge is 0.416 e. The van der Waals surface area contributed by atoms with Gasteiger partial charge in [-0.15, -0.1) is 10.2 Å². The summed E-state index contributed by atoms with van der Waals surface area (Å²) in [7, 11) is 0. The van der Waals surface area contributed by atoms with Crippen LogP contribution in [0.5, 0.6) is 0 Å². The zero-order valence-corrected chi connectivity index (χ0v) is 25.8. The number of aryl methyl sites for hydroxylation is 1. The third kappa shape index (κ3) is 7.27. The second kappa shape index (κ2) is 13.4. The van der Waals surface area contributed by atoms with Crippen molar-refractivity contribution in [3.63, 3.8) is 0 Å². The Morgan fingerprint density at radius 1 is 1.00 bits per heavy atom. The summed E-state index contributed by atoms with van der Waals surface area (Å²) in [6.07, 6.45) is -3.61. The first-order chi connectivity index (χ1) is 21.0. The van der Waals surface area contributed by atoms with E-state index in [1.807, 2.05) is 54.0 Å². The fraction of sp³-hybridized carbons (Fsp3) is 0.312. The number of aromatic nitrogens is 3. The van der Waals surface area contributed by atoms with E-state index in [-0.39, 0.29) is 24.1 Å². The zero-order valence-electron chi connectivity index (χ0n) is 24.2. The molecule has 0 saturated carbocycles. The number of nitrogens with zero attached hydrogens (tertiary/aromatic N) is 5. The first-order valence-electron chi connectivity index (χ1n) is 14.2. The van der Waals surface area contributed by atoms with Gasteiger partial charge in [0.25, 0.3) is 5.91 Å². The van der Waals surface area contributed by atoms with Crippen LogP contribution in [0.1, 0.15) is 41.3 Å². The van der Waals surface area contributed by atoms with E-state index in [0.717, 1.165) is 28.9 Å². The number of hydrogen-bond donors (Lipinski definition) is 0. The molecule has 0 bridgehead atoms. The van der Waals surface area contributed by atoms with E-state index in [4.69, 9.17) is 11.6 Å². The fourth-order valence-corrected chi connectivity index (χ4v) is 6.20. The molecule has 12 heteroatoms. The minimum absolute atomic E-state index is 0.0142. The van der Waals surface area contributed by atoms with Gasteiger partial charge >= 0.3 is 6.18 Å². The van der Waals surface area contributed by atoms with Gasteiger partial charge in [-0.2, -0.15) is 13.2 Å². The molecule has 1 fully saturated rings. The third-order valence-electron chi connectivity index (χ3n) is 7.45. The van der Waals surface area contributed by atoms with E-state index in [1.54, 1.807) is 17.9 Å². The number of benzene rings is 3. The lowest BCUT2D eigenvalue weighted by atomic mass is 10.1. The molecule has 2 amide bonds. The first-order valence-corrected chi connectivity index (χ1v) is 15.5. The van der Waals surface area contributed by atoms with Crippen LogP contribution in [0.15, 0.2) is 78.0 Å². The van der Waals surface area contributed by atoms with E-state index >= 15 is 0 Å². The quantitative estimate of drug-likeness (QED) is 0.151. The average Bonchev–Trinajstić information content (AvgIpc) is 3.42. The smallest absolute Gasteiger partial charge is 0.339 e. The Hall–Kier alpha value is -3.83. The lowest BCUT2D eigenvalue weighted by Gasteiger charge is -2.40. The topological polar surface area (TPSA) is 71.3 Å². The molecule has 2 heterocycles. The minimum Gasteiger partial charge on any atom is -0.339 e. The molecule has 44 heavy (non-hydrogen) atoms. The van der Waals surface area contributed by atoms with Gasteiger partial charge < -0.3 is 9.80 Å². The highest BCUT2D eigenvalue weighted by molar-refractivity contribution is 7.99. The van der Waals surface area contributed by atoms with Crippen molar-refractivity contribution in [3.05, 3.63) is 94.5 Å². The summed E-state index contributed by atoms with van der Waals surface area (Å²) in [5, 5.41) is 10.2. The molecular formula is C32H31ClF3N5O2S. The van der Waals surface area contributed by atoms with Gasteiger partial charge in [-0.25, -0.2) is 0 Å². The predicted molar refractivity (Wildman–Crippen MR) is 165 cm³/mol.